The first-order chi connectivity index (χ1) is 12.1. The van der Waals surface area contributed by atoms with E-state index in [2.05, 4.69) is 15.3 Å². The van der Waals surface area contributed by atoms with E-state index in [9.17, 15) is 14.9 Å². The molecule has 134 valence electrons. The van der Waals surface area contributed by atoms with E-state index in [1.54, 1.807) is 19.2 Å². The van der Waals surface area contributed by atoms with Crippen molar-refractivity contribution in [1.82, 2.24) is 20.0 Å². The van der Waals surface area contributed by atoms with Gasteiger partial charge in [-0.25, -0.2) is 4.79 Å². The highest BCUT2D eigenvalue weighted by atomic mass is 16.6. The highest BCUT2D eigenvalue weighted by Crippen LogP contribution is 2.21. The predicted octanol–water partition coefficient (Wildman–Crippen LogP) is 2.11. The minimum Gasteiger partial charge on any atom is -0.450 e. The lowest BCUT2D eigenvalue weighted by Gasteiger charge is -2.32. The van der Waals surface area contributed by atoms with Crippen molar-refractivity contribution >= 4 is 22.7 Å². The van der Waals surface area contributed by atoms with Crippen LogP contribution in [-0.2, 0) is 11.4 Å². The molecule has 9 heteroatoms. The number of nitro groups is 1. The van der Waals surface area contributed by atoms with E-state index in [-0.39, 0.29) is 17.8 Å². The predicted molar refractivity (Wildman–Crippen MR) is 91.1 cm³/mol. The summed E-state index contributed by atoms with van der Waals surface area (Å²) in [5.74, 6) is 0. The summed E-state index contributed by atoms with van der Waals surface area (Å²) in [6.45, 7) is 4.33. The molecule has 9 nitrogen and oxygen atoms in total. The quantitative estimate of drug-likeness (QED) is 0.656. The minimum atomic E-state index is -0.410. The zero-order chi connectivity index (χ0) is 17.8. The Kier molecular flexibility index (Phi) is 5.13. The van der Waals surface area contributed by atoms with Crippen molar-refractivity contribution in [3.8, 4) is 0 Å². The van der Waals surface area contributed by atoms with Crippen LogP contribution in [0.15, 0.2) is 24.4 Å². The van der Waals surface area contributed by atoms with Crippen LogP contribution in [0.4, 0.5) is 10.5 Å². The second-order valence-electron chi connectivity index (χ2n) is 6.07. The minimum absolute atomic E-state index is 0.0516. The number of carbonyl (C=O) groups is 1. The molecule has 2 aromatic rings. The molecule has 1 aliphatic heterocycles. The lowest BCUT2D eigenvalue weighted by Crippen LogP contribution is -2.48. The molecular formula is C16H21N5O4. The summed E-state index contributed by atoms with van der Waals surface area (Å²) < 4.78 is 6.76. The number of nitro benzene ring substituents is 1. The number of rotatable bonds is 5. The van der Waals surface area contributed by atoms with E-state index in [0.29, 0.717) is 19.8 Å². The number of piperidine rings is 1. The average molecular weight is 347 g/mol. The molecule has 1 unspecified atom stereocenters. The molecule has 1 saturated heterocycles. The molecule has 0 radical (unpaired) electrons. The van der Waals surface area contributed by atoms with Crippen LogP contribution in [0, 0.1) is 10.1 Å². The lowest BCUT2D eigenvalue weighted by molar-refractivity contribution is -0.384. The lowest BCUT2D eigenvalue weighted by atomic mass is 10.1. The van der Waals surface area contributed by atoms with Crippen LogP contribution in [0.5, 0.6) is 0 Å². The van der Waals surface area contributed by atoms with Gasteiger partial charge in [0, 0.05) is 36.7 Å². The van der Waals surface area contributed by atoms with Gasteiger partial charge in [0.15, 0.2) is 0 Å². The molecule has 1 aliphatic rings. The monoisotopic (exact) mass is 347 g/mol. The number of nitrogens with zero attached hydrogens (tertiary/aromatic N) is 4. The van der Waals surface area contributed by atoms with Gasteiger partial charge < -0.3 is 10.1 Å². The molecule has 1 aromatic carbocycles. The number of carbonyl (C=O) groups excluding carboxylic acids is 1. The number of aromatic nitrogens is 2. The van der Waals surface area contributed by atoms with Crippen LogP contribution < -0.4 is 5.32 Å². The summed E-state index contributed by atoms with van der Waals surface area (Å²) >= 11 is 0. The second kappa shape index (κ2) is 7.47. The van der Waals surface area contributed by atoms with Gasteiger partial charge in [-0.05, 0) is 25.8 Å². The third-order valence-electron chi connectivity index (χ3n) is 4.27. The zero-order valence-electron chi connectivity index (χ0n) is 14.1. The molecule has 25 heavy (non-hydrogen) atoms. The summed E-state index contributed by atoms with van der Waals surface area (Å²) in [4.78, 5) is 24.2. The maximum Gasteiger partial charge on any atom is 0.407 e. The third kappa shape index (κ3) is 4.05. The Hall–Kier alpha value is -2.68. The normalized spacial score (nSPS) is 18.2. The molecule has 1 N–H and O–H groups in total. The topological polar surface area (TPSA) is 103 Å². The molecule has 0 bridgehead atoms. The number of amides is 1. The van der Waals surface area contributed by atoms with Crippen LogP contribution in [0.1, 0.15) is 19.8 Å². The molecule has 1 fully saturated rings. The summed E-state index contributed by atoms with van der Waals surface area (Å²) in [5.41, 5.74) is 0.912. The Morgan fingerprint density at radius 2 is 2.36 bits per heavy atom. The molecule has 3 rings (SSSR count). The number of benzene rings is 1. The summed E-state index contributed by atoms with van der Waals surface area (Å²) in [6, 6.07) is 4.79. The van der Waals surface area contributed by atoms with Gasteiger partial charge in [-0.3, -0.25) is 19.7 Å². The largest absolute Gasteiger partial charge is 0.450 e. The van der Waals surface area contributed by atoms with Crippen LogP contribution in [0.2, 0.25) is 0 Å². The first-order valence-corrected chi connectivity index (χ1v) is 8.32. The Morgan fingerprint density at radius 3 is 3.12 bits per heavy atom. The number of ether oxygens (including phenoxy) is 1. The number of non-ortho nitro benzene ring substituents is 1. The van der Waals surface area contributed by atoms with Gasteiger partial charge in [0.05, 0.1) is 29.9 Å². The van der Waals surface area contributed by atoms with Gasteiger partial charge in [0.1, 0.15) is 0 Å². The van der Waals surface area contributed by atoms with Crippen LogP contribution in [0.3, 0.4) is 0 Å². The first-order valence-electron chi connectivity index (χ1n) is 8.32. The summed E-state index contributed by atoms with van der Waals surface area (Å²) in [6.07, 6.45) is 3.15. The first kappa shape index (κ1) is 17.2. The van der Waals surface area contributed by atoms with Crippen LogP contribution in [-0.4, -0.2) is 51.4 Å². The number of likely N-dealkylation sites (tertiary alicyclic amines) is 1. The Labute approximate surface area is 144 Å². The second-order valence-corrected chi connectivity index (χ2v) is 6.07. The van der Waals surface area contributed by atoms with Gasteiger partial charge in [0.2, 0.25) is 0 Å². The van der Waals surface area contributed by atoms with Gasteiger partial charge >= 0.3 is 6.09 Å². The highest BCUT2D eigenvalue weighted by Gasteiger charge is 2.22. The Balaban J connectivity index is 1.66. The van der Waals surface area contributed by atoms with E-state index in [1.807, 2.05) is 4.68 Å². The molecule has 0 saturated carbocycles. The number of alkyl carbamates (subject to hydrolysis) is 1. The van der Waals surface area contributed by atoms with Crippen molar-refractivity contribution in [3.05, 3.63) is 34.5 Å². The van der Waals surface area contributed by atoms with E-state index in [1.165, 1.54) is 12.1 Å². The Bertz CT molecular complexity index is 775. The SMILES string of the molecule is CCOC(=O)NC1CCCN(Cn2ncc3cc([N+](=O)[O-])ccc32)C1. The standard InChI is InChI=1S/C16H21N5O4/c1-2-25-16(22)18-13-4-3-7-19(10-13)11-20-15-6-5-14(21(23)24)8-12(15)9-17-20/h5-6,8-9,13H,2-4,7,10-11H2,1H3,(H,18,22). The molecule has 1 aromatic heterocycles. The summed E-state index contributed by atoms with van der Waals surface area (Å²) in [5, 5.41) is 18.8. The van der Waals surface area contributed by atoms with Gasteiger partial charge in [-0.1, -0.05) is 0 Å². The van der Waals surface area contributed by atoms with Gasteiger partial charge in [-0.15, -0.1) is 0 Å². The van der Waals surface area contributed by atoms with Crippen LogP contribution in [0.25, 0.3) is 10.9 Å². The number of hydrogen-bond donors (Lipinski definition) is 1. The fourth-order valence-corrected chi connectivity index (χ4v) is 3.13. The zero-order valence-corrected chi connectivity index (χ0v) is 14.1. The van der Waals surface area contributed by atoms with Crippen molar-refractivity contribution in [2.45, 2.75) is 32.5 Å². The molecule has 0 aliphatic carbocycles. The van der Waals surface area contributed by atoms with E-state index >= 15 is 0 Å². The number of hydrogen-bond acceptors (Lipinski definition) is 6. The maximum absolute atomic E-state index is 11.6. The van der Waals surface area contributed by atoms with Crippen molar-refractivity contribution in [2.24, 2.45) is 0 Å². The van der Waals surface area contributed by atoms with E-state index < -0.39 is 4.92 Å². The Morgan fingerprint density at radius 1 is 1.52 bits per heavy atom. The number of nitrogens with one attached hydrogen (secondary N) is 1. The van der Waals surface area contributed by atoms with E-state index in [0.717, 1.165) is 30.3 Å². The average Bonchev–Trinajstić information content (AvgIpc) is 2.97. The fourth-order valence-electron chi connectivity index (χ4n) is 3.13. The third-order valence-corrected chi connectivity index (χ3v) is 4.27. The molecular weight excluding hydrogens is 326 g/mol. The summed E-state index contributed by atoms with van der Waals surface area (Å²) in [7, 11) is 0. The van der Waals surface area contributed by atoms with Crippen molar-refractivity contribution < 1.29 is 14.5 Å². The van der Waals surface area contributed by atoms with Crippen molar-refractivity contribution in [2.75, 3.05) is 19.7 Å². The van der Waals surface area contributed by atoms with E-state index in [4.69, 9.17) is 4.74 Å². The van der Waals surface area contributed by atoms with Crippen molar-refractivity contribution in [1.29, 1.82) is 0 Å². The molecule has 1 amide bonds. The fraction of sp³-hybridized carbons (Fsp3) is 0.500. The molecule has 0 spiro atoms. The van der Waals surface area contributed by atoms with Gasteiger partial charge in [-0.2, -0.15) is 5.10 Å². The van der Waals surface area contributed by atoms with Gasteiger partial charge in [0.25, 0.3) is 5.69 Å². The number of fused-ring (bicyclic) bond motifs is 1. The molecule has 2 heterocycles. The smallest absolute Gasteiger partial charge is 0.407 e. The molecule has 1 atom stereocenters. The van der Waals surface area contributed by atoms with Crippen molar-refractivity contribution in [3.63, 3.8) is 0 Å². The highest BCUT2D eigenvalue weighted by molar-refractivity contribution is 5.81. The maximum atomic E-state index is 11.6. The van der Waals surface area contributed by atoms with Crippen LogP contribution >= 0.6 is 0 Å².